The van der Waals surface area contributed by atoms with E-state index in [4.69, 9.17) is 10.5 Å². The first-order chi connectivity index (χ1) is 14.1. The van der Waals surface area contributed by atoms with Crippen molar-refractivity contribution in [2.24, 2.45) is 0 Å². The first-order valence-corrected chi connectivity index (χ1v) is 9.08. The number of benzene rings is 3. The first-order valence-electron chi connectivity index (χ1n) is 9.08. The van der Waals surface area contributed by atoms with Crippen molar-refractivity contribution in [1.29, 1.82) is 0 Å². The Morgan fingerprint density at radius 3 is 2.59 bits per heavy atom. The Hall–Kier alpha value is -4.00. The molecule has 0 aliphatic heterocycles. The molecule has 0 saturated heterocycles. The Kier molecular flexibility index (Phi) is 5.03. The molecule has 0 unspecified atom stereocenters. The number of ether oxygens (including phenoxy) is 1. The van der Waals surface area contributed by atoms with E-state index in [1.165, 1.54) is 0 Å². The van der Waals surface area contributed by atoms with E-state index in [0.29, 0.717) is 11.5 Å². The van der Waals surface area contributed by atoms with Crippen LogP contribution in [-0.4, -0.2) is 20.9 Å². The van der Waals surface area contributed by atoms with Crippen LogP contribution in [0.4, 0.5) is 17.6 Å². The summed E-state index contributed by atoms with van der Waals surface area (Å²) in [5.74, 6) is 0.159. The number of fused-ring (bicyclic) bond motifs is 1. The Balaban J connectivity index is 1.52. The van der Waals surface area contributed by atoms with E-state index in [1.807, 2.05) is 67.6 Å². The van der Waals surface area contributed by atoms with Crippen LogP contribution >= 0.6 is 0 Å². The third kappa shape index (κ3) is 4.14. The van der Waals surface area contributed by atoms with Gasteiger partial charge in [-0.05, 0) is 35.4 Å². The molecule has 0 amide bonds. The lowest BCUT2D eigenvalue weighted by Gasteiger charge is -2.10. The molecule has 3 N–H and O–H groups in total. The third-order valence-electron chi connectivity index (χ3n) is 4.43. The van der Waals surface area contributed by atoms with Crippen molar-refractivity contribution in [1.82, 2.24) is 15.0 Å². The summed E-state index contributed by atoms with van der Waals surface area (Å²) < 4.78 is 5.43. The van der Waals surface area contributed by atoms with Gasteiger partial charge in [0.05, 0.1) is 5.56 Å². The number of nitrogens with one attached hydrogen (secondary N) is 1. The average molecular weight is 385 g/mol. The number of nitrogens with two attached hydrogens (primary N) is 1. The molecular weight excluding hydrogens is 366 g/mol. The van der Waals surface area contributed by atoms with Crippen molar-refractivity contribution >= 4 is 34.3 Å². The second-order valence-corrected chi connectivity index (χ2v) is 6.48. The van der Waals surface area contributed by atoms with Crippen LogP contribution in [0.1, 0.15) is 21.7 Å². The van der Waals surface area contributed by atoms with Gasteiger partial charge in [-0.3, -0.25) is 0 Å². The van der Waals surface area contributed by atoms with Crippen LogP contribution < -0.4 is 11.1 Å². The maximum Gasteiger partial charge on any atom is 0.339 e. The second-order valence-electron chi connectivity index (χ2n) is 6.48. The number of para-hydroxylation sites is 1. The minimum absolute atomic E-state index is 0.0484. The highest BCUT2D eigenvalue weighted by molar-refractivity contribution is 6.04. The maximum absolute atomic E-state index is 12.6. The van der Waals surface area contributed by atoms with Crippen molar-refractivity contribution in [3.05, 3.63) is 83.7 Å². The summed E-state index contributed by atoms with van der Waals surface area (Å²) in [6.45, 7) is 1.86. The molecule has 1 heterocycles. The Morgan fingerprint density at radius 2 is 1.72 bits per heavy atom. The van der Waals surface area contributed by atoms with Crippen molar-refractivity contribution in [2.75, 3.05) is 11.1 Å². The van der Waals surface area contributed by atoms with Crippen LogP contribution in [0.2, 0.25) is 0 Å². The van der Waals surface area contributed by atoms with Crippen molar-refractivity contribution < 1.29 is 9.53 Å². The molecule has 7 nitrogen and oxygen atoms in total. The standard InChI is InChI=1S/C22H19N5O2/c1-14-7-2-5-12-18(14)24-22-26-19(25-21(23)27-22)13-29-20(28)17-11-6-9-15-8-3-4-10-16(15)17/h2-12H,13H2,1H3,(H3,23,24,25,26,27). The van der Waals surface area contributed by atoms with Gasteiger partial charge in [-0.2, -0.15) is 15.0 Å². The molecule has 0 aliphatic carbocycles. The summed E-state index contributed by atoms with van der Waals surface area (Å²) in [6.07, 6.45) is 0. The largest absolute Gasteiger partial charge is 0.454 e. The average Bonchev–Trinajstić information content (AvgIpc) is 2.73. The highest BCUT2D eigenvalue weighted by Gasteiger charge is 2.13. The summed E-state index contributed by atoms with van der Waals surface area (Å²) in [5, 5.41) is 4.91. The van der Waals surface area contributed by atoms with Crippen LogP contribution in [-0.2, 0) is 11.3 Å². The zero-order chi connectivity index (χ0) is 20.2. The number of hydrogen-bond acceptors (Lipinski definition) is 7. The molecule has 0 atom stereocenters. The van der Waals surface area contributed by atoms with Gasteiger partial charge in [0.15, 0.2) is 12.4 Å². The molecule has 0 fully saturated rings. The molecule has 0 aliphatic rings. The molecule has 144 valence electrons. The zero-order valence-corrected chi connectivity index (χ0v) is 15.8. The van der Waals surface area contributed by atoms with Gasteiger partial charge < -0.3 is 15.8 Å². The molecule has 3 aromatic carbocycles. The quantitative estimate of drug-likeness (QED) is 0.500. The van der Waals surface area contributed by atoms with E-state index in [1.54, 1.807) is 6.07 Å². The number of carbonyl (C=O) groups excluding carboxylic acids is 1. The molecule has 29 heavy (non-hydrogen) atoms. The Bertz CT molecular complexity index is 1190. The minimum Gasteiger partial charge on any atom is -0.454 e. The normalized spacial score (nSPS) is 10.7. The molecule has 0 bridgehead atoms. The molecule has 0 radical (unpaired) electrons. The topological polar surface area (TPSA) is 103 Å². The molecule has 1 aromatic heterocycles. The smallest absolute Gasteiger partial charge is 0.339 e. The molecule has 0 spiro atoms. The molecule has 4 rings (SSSR count). The fraction of sp³-hybridized carbons (Fsp3) is 0.0909. The lowest BCUT2D eigenvalue weighted by molar-refractivity contribution is 0.0464. The number of nitrogen functional groups attached to an aromatic ring is 1. The van der Waals surface area contributed by atoms with E-state index in [2.05, 4.69) is 20.3 Å². The van der Waals surface area contributed by atoms with E-state index in [9.17, 15) is 4.79 Å². The number of carbonyl (C=O) groups is 1. The van der Waals surface area contributed by atoms with Gasteiger partial charge in [0.2, 0.25) is 11.9 Å². The number of aromatic nitrogens is 3. The van der Waals surface area contributed by atoms with Gasteiger partial charge in [-0.25, -0.2) is 4.79 Å². The first kappa shape index (κ1) is 18.4. The number of hydrogen-bond donors (Lipinski definition) is 2. The number of nitrogens with zero attached hydrogens (tertiary/aromatic N) is 3. The summed E-state index contributed by atoms with van der Waals surface area (Å²) >= 11 is 0. The Labute approximate surface area is 167 Å². The van der Waals surface area contributed by atoms with Crippen LogP contribution in [0.5, 0.6) is 0 Å². The summed E-state index contributed by atoms with van der Waals surface area (Å²) in [4.78, 5) is 25.1. The monoisotopic (exact) mass is 385 g/mol. The van der Waals surface area contributed by atoms with Gasteiger partial charge in [0.1, 0.15) is 0 Å². The molecular formula is C22H19N5O2. The van der Waals surface area contributed by atoms with Crippen molar-refractivity contribution in [2.45, 2.75) is 13.5 Å². The van der Waals surface area contributed by atoms with Gasteiger partial charge in [-0.15, -0.1) is 0 Å². The van der Waals surface area contributed by atoms with Gasteiger partial charge in [0.25, 0.3) is 0 Å². The van der Waals surface area contributed by atoms with E-state index < -0.39 is 5.97 Å². The van der Waals surface area contributed by atoms with Crippen LogP contribution in [0, 0.1) is 6.92 Å². The second kappa shape index (κ2) is 7.93. The highest BCUT2D eigenvalue weighted by Crippen LogP contribution is 2.20. The summed E-state index contributed by atoms with van der Waals surface area (Å²) in [5.41, 5.74) is 8.19. The lowest BCUT2D eigenvalue weighted by atomic mass is 10.1. The van der Waals surface area contributed by atoms with Crippen LogP contribution in [0.3, 0.4) is 0 Å². The third-order valence-corrected chi connectivity index (χ3v) is 4.43. The molecule has 4 aromatic rings. The number of rotatable bonds is 5. The van der Waals surface area contributed by atoms with E-state index in [-0.39, 0.29) is 18.4 Å². The SMILES string of the molecule is Cc1ccccc1Nc1nc(N)nc(COC(=O)c2cccc3ccccc23)n1. The number of aryl methyl sites for hydroxylation is 1. The predicted octanol–water partition coefficient (Wildman–Crippen LogP) is 4.02. The molecule has 0 saturated carbocycles. The minimum atomic E-state index is -0.450. The highest BCUT2D eigenvalue weighted by atomic mass is 16.5. The van der Waals surface area contributed by atoms with Crippen molar-refractivity contribution in [3.8, 4) is 0 Å². The summed E-state index contributed by atoms with van der Waals surface area (Å²) in [6, 6.07) is 20.9. The van der Waals surface area contributed by atoms with Crippen molar-refractivity contribution in [3.63, 3.8) is 0 Å². The fourth-order valence-electron chi connectivity index (χ4n) is 3.00. The lowest BCUT2D eigenvalue weighted by Crippen LogP contribution is -2.11. The summed E-state index contributed by atoms with van der Waals surface area (Å²) in [7, 11) is 0. The maximum atomic E-state index is 12.6. The van der Waals surface area contributed by atoms with Crippen LogP contribution in [0.15, 0.2) is 66.7 Å². The van der Waals surface area contributed by atoms with Crippen LogP contribution in [0.25, 0.3) is 10.8 Å². The predicted molar refractivity (Wildman–Crippen MR) is 112 cm³/mol. The molecule has 7 heteroatoms. The zero-order valence-electron chi connectivity index (χ0n) is 15.8. The van der Waals surface area contributed by atoms with E-state index >= 15 is 0 Å². The van der Waals surface area contributed by atoms with Gasteiger partial charge in [0, 0.05) is 5.69 Å². The fourth-order valence-corrected chi connectivity index (χ4v) is 3.00. The number of anilines is 3. The van der Waals surface area contributed by atoms with Gasteiger partial charge >= 0.3 is 5.97 Å². The Morgan fingerprint density at radius 1 is 0.966 bits per heavy atom. The van der Waals surface area contributed by atoms with Gasteiger partial charge in [-0.1, -0.05) is 54.6 Å². The number of esters is 1. The van der Waals surface area contributed by atoms with E-state index in [0.717, 1.165) is 22.0 Å².